The second kappa shape index (κ2) is 13.8. The first-order chi connectivity index (χ1) is 12.7. The fourth-order valence-electron chi connectivity index (χ4n) is 2.97. The Morgan fingerprint density at radius 3 is 2.74 bits per heavy atom. The topological polar surface area (TPSA) is 66.0 Å². The van der Waals surface area contributed by atoms with Crippen LogP contribution in [0.3, 0.4) is 0 Å². The van der Waals surface area contributed by atoms with Crippen LogP contribution >= 0.6 is 24.0 Å². The second-order valence-corrected chi connectivity index (χ2v) is 6.62. The molecule has 0 spiro atoms. The molecule has 7 heteroatoms. The third-order valence-corrected chi connectivity index (χ3v) is 4.33. The summed E-state index contributed by atoms with van der Waals surface area (Å²) in [4.78, 5) is 18.5. The standard InChI is InChI=1S/C20H32N4O2.HI/c1-3-11-22-19(25)13-23-20(21-4-2)24-12-10-18(14-24)16-26-15-17-8-6-5-7-9-17;/h5-9,18H,3-4,10-16H2,1-2H3,(H,21,23)(H,22,25);1H. The van der Waals surface area contributed by atoms with Gasteiger partial charge in [0, 0.05) is 32.1 Å². The van der Waals surface area contributed by atoms with E-state index in [9.17, 15) is 4.79 Å². The number of hydrogen-bond donors (Lipinski definition) is 2. The molecule has 1 aromatic rings. The van der Waals surface area contributed by atoms with Crippen LogP contribution in [0.2, 0.25) is 0 Å². The molecule has 27 heavy (non-hydrogen) atoms. The number of nitrogens with zero attached hydrogens (tertiary/aromatic N) is 2. The summed E-state index contributed by atoms with van der Waals surface area (Å²) in [5.74, 6) is 1.30. The minimum atomic E-state index is -0.0239. The maximum Gasteiger partial charge on any atom is 0.241 e. The van der Waals surface area contributed by atoms with Crippen LogP contribution in [0.1, 0.15) is 32.3 Å². The molecule has 1 aliphatic heterocycles. The number of guanidine groups is 1. The molecular weight excluding hydrogens is 455 g/mol. The van der Waals surface area contributed by atoms with Crippen molar-refractivity contribution >= 4 is 35.8 Å². The minimum Gasteiger partial charge on any atom is -0.376 e. The van der Waals surface area contributed by atoms with Crippen molar-refractivity contribution in [1.82, 2.24) is 15.5 Å². The van der Waals surface area contributed by atoms with Gasteiger partial charge < -0.3 is 20.3 Å². The molecule has 1 saturated heterocycles. The van der Waals surface area contributed by atoms with Crippen molar-refractivity contribution in [2.75, 3.05) is 39.3 Å². The number of aliphatic imine (C=N–C) groups is 1. The Labute approximate surface area is 180 Å². The normalized spacial score (nSPS) is 16.7. The molecule has 0 bridgehead atoms. The lowest BCUT2D eigenvalue weighted by Gasteiger charge is -2.21. The highest BCUT2D eigenvalue weighted by Gasteiger charge is 2.25. The third-order valence-electron chi connectivity index (χ3n) is 4.33. The second-order valence-electron chi connectivity index (χ2n) is 6.62. The van der Waals surface area contributed by atoms with Crippen molar-refractivity contribution in [3.05, 3.63) is 35.9 Å². The van der Waals surface area contributed by atoms with Crippen molar-refractivity contribution in [3.8, 4) is 0 Å². The van der Waals surface area contributed by atoms with Gasteiger partial charge in [0.05, 0.1) is 13.2 Å². The van der Waals surface area contributed by atoms with E-state index in [1.165, 1.54) is 5.56 Å². The van der Waals surface area contributed by atoms with E-state index in [0.29, 0.717) is 19.1 Å². The summed E-state index contributed by atoms with van der Waals surface area (Å²) in [7, 11) is 0. The van der Waals surface area contributed by atoms with Crippen molar-refractivity contribution in [2.45, 2.75) is 33.3 Å². The molecule has 2 rings (SSSR count). The summed E-state index contributed by atoms with van der Waals surface area (Å²) < 4.78 is 5.88. The zero-order valence-electron chi connectivity index (χ0n) is 16.4. The molecule has 0 saturated carbocycles. The van der Waals surface area contributed by atoms with Gasteiger partial charge >= 0.3 is 0 Å². The van der Waals surface area contributed by atoms with Gasteiger partial charge in [-0.2, -0.15) is 0 Å². The molecular formula is C20H33IN4O2. The van der Waals surface area contributed by atoms with Crippen LogP contribution in [0.4, 0.5) is 0 Å². The predicted octanol–water partition coefficient (Wildman–Crippen LogP) is 2.63. The fourth-order valence-corrected chi connectivity index (χ4v) is 2.97. The maximum absolute atomic E-state index is 11.8. The van der Waals surface area contributed by atoms with Gasteiger partial charge in [-0.05, 0) is 25.3 Å². The van der Waals surface area contributed by atoms with E-state index in [-0.39, 0.29) is 36.4 Å². The fraction of sp³-hybridized carbons (Fsp3) is 0.600. The Bertz CT molecular complexity index is 568. The minimum absolute atomic E-state index is 0. The summed E-state index contributed by atoms with van der Waals surface area (Å²) in [6.07, 6.45) is 2.02. The first-order valence-electron chi connectivity index (χ1n) is 9.64. The van der Waals surface area contributed by atoms with Crippen molar-refractivity contribution in [1.29, 1.82) is 0 Å². The Hall–Kier alpha value is -1.35. The molecule has 152 valence electrons. The predicted molar refractivity (Wildman–Crippen MR) is 120 cm³/mol. The molecule has 1 unspecified atom stereocenters. The van der Waals surface area contributed by atoms with E-state index < -0.39 is 0 Å². The molecule has 6 nitrogen and oxygen atoms in total. The van der Waals surface area contributed by atoms with Gasteiger partial charge in [0.1, 0.15) is 6.54 Å². The smallest absolute Gasteiger partial charge is 0.241 e. The monoisotopic (exact) mass is 488 g/mol. The Morgan fingerprint density at radius 1 is 1.26 bits per heavy atom. The first kappa shape index (κ1) is 23.7. The van der Waals surface area contributed by atoms with Crippen molar-refractivity contribution in [2.24, 2.45) is 10.9 Å². The van der Waals surface area contributed by atoms with Gasteiger partial charge in [0.25, 0.3) is 0 Å². The quantitative estimate of drug-likeness (QED) is 0.319. The summed E-state index contributed by atoms with van der Waals surface area (Å²) >= 11 is 0. The van der Waals surface area contributed by atoms with Crippen LogP contribution < -0.4 is 10.6 Å². The molecule has 1 heterocycles. The molecule has 2 N–H and O–H groups in total. The van der Waals surface area contributed by atoms with Crippen LogP contribution in [0.5, 0.6) is 0 Å². The Kier molecular flexibility index (Phi) is 12.1. The van der Waals surface area contributed by atoms with Crippen LogP contribution in [0.15, 0.2) is 35.3 Å². The number of benzene rings is 1. The van der Waals surface area contributed by atoms with Gasteiger partial charge in [0.15, 0.2) is 5.96 Å². The number of carbonyl (C=O) groups is 1. The van der Waals surface area contributed by atoms with E-state index in [1.54, 1.807) is 0 Å². The third kappa shape index (κ3) is 8.92. The molecule has 1 amide bonds. The number of amides is 1. The zero-order valence-corrected chi connectivity index (χ0v) is 18.8. The van der Waals surface area contributed by atoms with Gasteiger partial charge in [-0.25, -0.2) is 4.99 Å². The number of halogens is 1. The Balaban J connectivity index is 0.00000364. The van der Waals surface area contributed by atoms with E-state index in [4.69, 9.17) is 4.74 Å². The average molecular weight is 488 g/mol. The van der Waals surface area contributed by atoms with E-state index in [0.717, 1.165) is 45.0 Å². The van der Waals surface area contributed by atoms with Crippen LogP contribution in [-0.2, 0) is 16.1 Å². The zero-order chi connectivity index (χ0) is 18.6. The lowest BCUT2D eigenvalue weighted by molar-refractivity contribution is -0.119. The molecule has 0 aromatic heterocycles. The van der Waals surface area contributed by atoms with Crippen molar-refractivity contribution in [3.63, 3.8) is 0 Å². The van der Waals surface area contributed by atoms with Gasteiger partial charge in [-0.15, -0.1) is 24.0 Å². The summed E-state index contributed by atoms with van der Waals surface area (Å²) in [5, 5.41) is 6.15. The SMILES string of the molecule is CCCNC(=O)CN=C(NCC)N1CCC(COCc2ccccc2)C1.I. The van der Waals surface area contributed by atoms with Crippen LogP contribution in [0.25, 0.3) is 0 Å². The lowest BCUT2D eigenvalue weighted by atomic mass is 10.1. The largest absolute Gasteiger partial charge is 0.376 e. The van der Waals surface area contributed by atoms with Gasteiger partial charge in [-0.3, -0.25) is 4.79 Å². The highest BCUT2D eigenvalue weighted by molar-refractivity contribution is 14.0. The summed E-state index contributed by atoms with van der Waals surface area (Å²) in [6, 6.07) is 10.3. The number of carbonyl (C=O) groups excluding carboxylic acids is 1. The molecule has 0 radical (unpaired) electrons. The first-order valence-corrected chi connectivity index (χ1v) is 9.64. The van der Waals surface area contributed by atoms with Gasteiger partial charge in [-0.1, -0.05) is 37.3 Å². The molecule has 0 aliphatic carbocycles. The average Bonchev–Trinajstić information content (AvgIpc) is 3.13. The molecule has 1 aliphatic rings. The van der Waals surface area contributed by atoms with E-state index in [2.05, 4.69) is 32.7 Å². The Morgan fingerprint density at radius 2 is 2.04 bits per heavy atom. The summed E-state index contributed by atoms with van der Waals surface area (Å²) in [6.45, 7) is 9.02. The number of likely N-dealkylation sites (tertiary alicyclic amines) is 1. The van der Waals surface area contributed by atoms with E-state index in [1.807, 2.05) is 32.0 Å². The van der Waals surface area contributed by atoms with Gasteiger partial charge in [0.2, 0.25) is 5.91 Å². The number of rotatable bonds is 9. The summed E-state index contributed by atoms with van der Waals surface area (Å²) in [5.41, 5.74) is 1.20. The maximum atomic E-state index is 11.8. The highest BCUT2D eigenvalue weighted by atomic mass is 127. The van der Waals surface area contributed by atoms with Crippen LogP contribution in [0, 0.1) is 5.92 Å². The highest BCUT2D eigenvalue weighted by Crippen LogP contribution is 2.17. The molecule has 1 aromatic carbocycles. The van der Waals surface area contributed by atoms with E-state index >= 15 is 0 Å². The van der Waals surface area contributed by atoms with Crippen molar-refractivity contribution < 1.29 is 9.53 Å². The molecule has 1 atom stereocenters. The molecule has 1 fully saturated rings. The lowest BCUT2D eigenvalue weighted by Crippen LogP contribution is -2.41. The number of ether oxygens (including phenoxy) is 1. The number of nitrogens with one attached hydrogen (secondary N) is 2. The van der Waals surface area contributed by atoms with Crippen LogP contribution in [-0.4, -0.2) is 56.1 Å². The number of hydrogen-bond acceptors (Lipinski definition) is 3.